The molecule has 0 fully saturated rings. The van der Waals surface area contributed by atoms with E-state index in [9.17, 15) is 14.4 Å². The molecule has 0 aliphatic heterocycles. The first-order valence-electron chi connectivity index (χ1n) is 9.15. The van der Waals surface area contributed by atoms with E-state index in [-0.39, 0.29) is 11.5 Å². The lowest BCUT2D eigenvalue weighted by molar-refractivity contribution is -0.123. The molecule has 0 aliphatic rings. The Morgan fingerprint density at radius 3 is 2.41 bits per heavy atom. The molecule has 1 aromatic heterocycles. The second-order valence-corrected chi connectivity index (χ2v) is 6.84. The number of hydrogen-bond donors (Lipinski definition) is 2. The fraction of sp³-hybridized carbons (Fsp3) is 0.400. The van der Waals surface area contributed by atoms with Gasteiger partial charge in [-0.15, -0.1) is 0 Å². The van der Waals surface area contributed by atoms with Crippen LogP contribution in [0.4, 0.5) is 4.79 Å². The summed E-state index contributed by atoms with van der Waals surface area (Å²) < 4.78 is 15.7. The fourth-order valence-electron chi connectivity index (χ4n) is 2.27. The summed E-state index contributed by atoms with van der Waals surface area (Å²) in [4.78, 5) is 35.2. The zero-order valence-electron chi connectivity index (χ0n) is 16.9. The monoisotopic (exact) mass is 403 g/mol. The first-order valence-corrected chi connectivity index (χ1v) is 9.15. The van der Waals surface area contributed by atoms with Gasteiger partial charge < -0.3 is 19.3 Å². The molecule has 156 valence electrons. The van der Waals surface area contributed by atoms with Crippen molar-refractivity contribution in [2.45, 2.75) is 34.3 Å². The van der Waals surface area contributed by atoms with Gasteiger partial charge in [-0.2, -0.15) is 0 Å². The summed E-state index contributed by atoms with van der Waals surface area (Å²) in [5.74, 6) is 0.115. The van der Waals surface area contributed by atoms with Gasteiger partial charge in [-0.1, -0.05) is 19.0 Å². The van der Waals surface area contributed by atoms with Crippen molar-refractivity contribution >= 4 is 17.9 Å². The zero-order chi connectivity index (χ0) is 21.4. The third kappa shape index (κ3) is 6.95. The second kappa shape index (κ2) is 10.3. The van der Waals surface area contributed by atoms with Gasteiger partial charge in [-0.3, -0.25) is 10.1 Å². The number of aromatic nitrogens is 1. The molecule has 0 unspecified atom stereocenters. The lowest BCUT2D eigenvalue weighted by atomic mass is 10.2. The van der Waals surface area contributed by atoms with Crippen molar-refractivity contribution < 1.29 is 28.4 Å². The number of amides is 3. The van der Waals surface area contributed by atoms with Crippen LogP contribution in [-0.2, 0) is 16.1 Å². The van der Waals surface area contributed by atoms with Crippen molar-refractivity contribution in [2.24, 2.45) is 5.92 Å². The molecule has 1 aromatic carbocycles. The van der Waals surface area contributed by atoms with Crippen molar-refractivity contribution in [3.05, 3.63) is 46.8 Å². The number of carbonyl (C=O) groups excluding carboxylic acids is 3. The number of urea groups is 1. The smallest absolute Gasteiger partial charge is 0.338 e. The van der Waals surface area contributed by atoms with Crippen LogP contribution in [0.2, 0.25) is 0 Å². The predicted molar refractivity (Wildman–Crippen MR) is 103 cm³/mol. The molecule has 2 rings (SSSR count). The minimum atomic E-state index is -0.709. The van der Waals surface area contributed by atoms with Crippen LogP contribution in [-0.4, -0.2) is 36.2 Å². The molecular weight excluding hydrogens is 378 g/mol. The van der Waals surface area contributed by atoms with Gasteiger partial charge in [0, 0.05) is 6.54 Å². The lowest BCUT2D eigenvalue weighted by Crippen LogP contribution is -2.42. The van der Waals surface area contributed by atoms with Crippen molar-refractivity contribution in [3.63, 3.8) is 0 Å². The van der Waals surface area contributed by atoms with E-state index >= 15 is 0 Å². The Kier molecular flexibility index (Phi) is 7.76. The summed E-state index contributed by atoms with van der Waals surface area (Å²) in [6.45, 7) is 7.67. The van der Waals surface area contributed by atoms with Crippen LogP contribution in [0.15, 0.2) is 28.8 Å². The number of aryl methyl sites for hydroxylation is 2. The van der Waals surface area contributed by atoms with Crippen LogP contribution >= 0.6 is 0 Å². The number of carbonyl (C=O) groups is 3. The summed E-state index contributed by atoms with van der Waals surface area (Å²) in [7, 11) is 0. The molecule has 2 N–H and O–H groups in total. The van der Waals surface area contributed by atoms with Crippen molar-refractivity contribution in [1.29, 1.82) is 0 Å². The van der Waals surface area contributed by atoms with Crippen molar-refractivity contribution in [2.75, 3.05) is 13.2 Å². The average Bonchev–Trinajstić information content (AvgIpc) is 3.01. The summed E-state index contributed by atoms with van der Waals surface area (Å²) in [6.07, 6.45) is 0. The number of hydrogen-bond acceptors (Lipinski definition) is 7. The number of benzene rings is 1. The van der Waals surface area contributed by atoms with Crippen LogP contribution in [0.1, 0.15) is 41.2 Å². The van der Waals surface area contributed by atoms with E-state index in [4.69, 9.17) is 14.0 Å². The molecule has 0 saturated heterocycles. The van der Waals surface area contributed by atoms with E-state index in [2.05, 4.69) is 15.8 Å². The molecule has 0 aliphatic carbocycles. The quantitative estimate of drug-likeness (QED) is 0.650. The van der Waals surface area contributed by atoms with E-state index < -0.39 is 24.5 Å². The van der Waals surface area contributed by atoms with Gasteiger partial charge >= 0.3 is 12.0 Å². The molecule has 9 heteroatoms. The number of nitrogens with zero attached hydrogens (tertiary/aromatic N) is 1. The van der Waals surface area contributed by atoms with Crippen LogP contribution in [0.25, 0.3) is 0 Å². The van der Waals surface area contributed by atoms with Crippen molar-refractivity contribution in [1.82, 2.24) is 15.8 Å². The molecule has 1 heterocycles. The van der Waals surface area contributed by atoms with Gasteiger partial charge in [0.15, 0.2) is 6.61 Å². The zero-order valence-corrected chi connectivity index (χ0v) is 16.9. The highest BCUT2D eigenvalue weighted by atomic mass is 16.5. The molecule has 0 saturated carbocycles. The molecule has 0 radical (unpaired) electrons. The highest BCUT2D eigenvalue weighted by molar-refractivity contribution is 5.97. The normalized spacial score (nSPS) is 10.5. The minimum Gasteiger partial charge on any atom is -0.489 e. The third-order valence-electron chi connectivity index (χ3n) is 3.91. The highest BCUT2D eigenvalue weighted by Gasteiger charge is 2.13. The molecule has 9 nitrogen and oxygen atoms in total. The second-order valence-electron chi connectivity index (χ2n) is 6.84. The summed E-state index contributed by atoms with van der Waals surface area (Å²) in [5, 5.41) is 8.49. The first kappa shape index (κ1) is 21.9. The SMILES string of the molecule is Cc1noc(C)c1COc1ccc(C(=O)OCC(=O)NC(=O)NCC(C)C)cc1. The van der Waals surface area contributed by atoms with Gasteiger partial charge in [-0.05, 0) is 44.0 Å². The van der Waals surface area contributed by atoms with Crippen molar-refractivity contribution in [3.8, 4) is 5.75 Å². The predicted octanol–water partition coefficient (Wildman–Crippen LogP) is 2.51. The number of nitrogens with one attached hydrogen (secondary N) is 2. The standard InChI is InChI=1S/C20H25N3O6/c1-12(2)9-21-20(26)22-18(24)11-28-19(25)15-5-7-16(8-6-15)27-10-17-13(3)23-29-14(17)4/h5-8,12H,9-11H2,1-4H3,(H2,21,22,24,26). The molecule has 3 amide bonds. The van der Waals surface area contributed by atoms with E-state index in [1.807, 2.05) is 27.7 Å². The maximum Gasteiger partial charge on any atom is 0.338 e. The summed E-state index contributed by atoms with van der Waals surface area (Å²) in [6, 6.07) is 5.67. The maximum absolute atomic E-state index is 12.0. The number of esters is 1. The Morgan fingerprint density at radius 1 is 1.14 bits per heavy atom. The van der Waals surface area contributed by atoms with Gasteiger partial charge in [0.05, 0.1) is 16.8 Å². The minimum absolute atomic E-state index is 0.255. The third-order valence-corrected chi connectivity index (χ3v) is 3.91. The number of ether oxygens (including phenoxy) is 2. The van der Waals surface area contributed by atoms with Gasteiger partial charge in [0.25, 0.3) is 5.91 Å². The topological polar surface area (TPSA) is 120 Å². The first-order chi connectivity index (χ1) is 13.8. The Bertz CT molecular complexity index is 838. The molecular formula is C20H25N3O6. The van der Waals surface area contributed by atoms with Crippen LogP contribution < -0.4 is 15.4 Å². The van der Waals surface area contributed by atoms with Gasteiger partial charge in [-0.25, -0.2) is 9.59 Å². The Hall–Kier alpha value is -3.36. The van der Waals surface area contributed by atoms with E-state index in [1.54, 1.807) is 12.1 Å². The van der Waals surface area contributed by atoms with E-state index in [0.717, 1.165) is 11.3 Å². The van der Waals surface area contributed by atoms with Gasteiger partial charge in [0.2, 0.25) is 0 Å². The average molecular weight is 403 g/mol. The Balaban J connectivity index is 1.78. The number of imide groups is 1. The summed E-state index contributed by atoms with van der Waals surface area (Å²) in [5.41, 5.74) is 1.89. The van der Waals surface area contributed by atoms with E-state index in [1.165, 1.54) is 12.1 Å². The number of rotatable bonds is 8. The largest absolute Gasteiger partial charge is 0.489 e. The van der Waals surface area contributed by atoms with Crippen LogP contribution in [0.3, 0.4) is 0 Å². The summed E-state index contributed by atoms with van der Waals surface area (Å²) >= 11 is 0. The molecule has 0 spiro atoms. The molecule has 0 atom stereocenters. The van der Waals surface area contributed by atoms with Crippen LogP contribution in [0, 0.1) is 19.8 Å². The Morgan fingerprint density at radius 2 is 1.83 bits per heavy atom. The van der Waals surface area contributed by atoms with Gasteiger partial charge in [0.1, 0.15) is 18.1 Å². The lowest BCUT2D eigenvalue weighted by Gasteiger charge is -2.09. The molecule has 2 aromatic rings. The highest BCUT2D eigenvalue weighted by Crippen LogP contribution is 2.18. The van der Waals surface area contributed by atoms with E-state index in [0.29, 0.717) is 24.7 Å². The Labute approximate surface area is 168 Å². The molecule has 0 bridgehead atoms. The maximum atomic E-state index is 12.0. The van der Waals surface area contributed by atoms with Crippen LogP contribution in [0.5, 0.6) is 5.75 Å². The molecule has 29 heavy (non-hydrogen) atoms. The fourth-order valence-corrected chi connectivity index (χ4v) is 2.27.